The van der Waals surface area contributed by atoms with E-state index < -0.39 is 35.6 Å². The third-order valence-corrected chi connectivity index (χ3v) is 7.58. The van der Waals surface area contributed by atoms with Gasteiger partial charge in [-0.3, -0.25) is 19.3 Å². The summed E-state index contributed by atoms with van der Waals surface area (Å²) in [6.07, 6.45) is 5.01. The summed E-state index contributed by atoms with van der Waals surface area (Å²) in [6, 6.07) is -1.75. The van der Waals surface area contributed by atoms with Crippen LogP contribution >= 0.6 is 0 Å². The summed E-state index contributed by atoms with van der Waals surface area (Å²) in [6.45, 7) is 7.94. The lowest BCUT2D eigenvalue weighted by atomic mass is 9.83. The van der Waals surface area contributed by atoms with Crippen LogP contribution in [0.3, 0.4) is 0 Å². The van der Waals surface area contributed by atoms with Crippen molar-refractivity contribution < 1.29 is 28.7 Å². The number of fused-ring (bicyclic) bond motifs is 1. The number of carbonyl (C=O) groups is 4. The Labute approximate surface area is 208 Å². The van der Waals surface area contributed by atoms with Gasteiger partial charge in [-0.2, -0.15) is 0 Å². The summed E-state index contributed by atoms with van der Waals surface area (Å²) in [7, 11) is 2.89. The van der Waals surface area contributed by atoms with Crippen molar-refractivity contribution in [2.45, 2.75) is 96.0 Å². The Hall–Kier alpha value is -2.36. The molecule has 1 unspecified atom stereocenters. The van der Waals surface area contributed by atoms with E-state index >= 15 is 0 Å². The van der Waals surface area contributed by atoms with Crippen LogP contribution < -0.4 is 10.6 Å². The number of hydrogen-bond donors (Lipinski definition) is 2. The minimum absolute atomic E-state index is 0.0178. The largest absolute Gasteiger partial charge is 0.469 e. The van der Waals surface area contributed by atoms with Crippen molar-refractivity contribution in [3.63, 3.8) is 0 Å². The number of likely N-dealkylation sites (tertiary alicyclic amines) is 1. The summed E-state index contributed by atoms with van der Waals surface area (Å²) in [5.41, 5.74) is -0.681. The first-order valence-corrected chi connectivity index (χ1v) is 12.8. The summed E-state index contributed by atoms with van der Waals surface area (Å²) < 4.78 is 10.4. The molecule has 3 aliphatic rings. The quantitative estimate of drug-likeness (QED) is 0.540. The number of esters is 1. The highest BCUT2D eigenvalue weighted by molar-refractivity contribution is 5.92. The predicted octanol–water partition coefficient (Wildman–Crippen LogP) is 1.67. The smallest absolute Gasteiger partial charge is 0.410 e. The van der Waals surface area contributed by atoms with Gasteiger partial charge in [0.25, 0.3) is 0 Å². The minimum Gasteiger partial charge on any atom is -0.469 e. The fourth-order valence-electron chi connectivity index (χ4n) is 5.54. The number of ether oxygens (including phenoxy) is 2. The molecule has 2 saturated heterocycles. The molecule has 3 rings (SSSR count). The van der Waals surface area contributed by atoms with E-state index in [4.69, 9.17) is 9.47 Å². The van der Waals surface area contributed by atoms with E-state index in [1.807, 2.05) is 0 Å². The van der Waals surface area contributed by atoms with Gasteiger partial charge in [-0.1, -0.05) is 19.3 Å². The molecule has 0 radical (unpaired) electrons. The van der Waals surface area contributed by atoms with Crippen LogP contribution in [0, 0.1) is 11.8 Å². The molecule has 3 fully saturated rings. The number of likely N-dealkylation sites (N-methyl/N-ethyl adjacent to an activating group) is 1. The van der Waals surface area contributed by atoms with Gasteiger partial charge in [-0.25, -0.2) is 4.79 Å². The van der Waals surface area contributed by atoms with E-state index in [0.717, 1.165) is 38.5 Å². The first kappa shape index (κ1) is 27.2. The molecule has 2 N–H and O–H groups in total. The second-order valence-electron chi connectivity index (χ2n) is 11.1. The van der Waals surface area contributed by atoms with Crippen LogP contribution in [0.25, 0.3) is 0 Å². The molecule has 0 aromatic heterocycles. The highest BCUT2D eigenvalue weighted by Gasteiger charge is 2.51. The zero-order valence-electron chi connectivity index (χ0n) is 22.0. The summed E-state index contributed by atoms with van der Waals surface area (Å²) in [5, 5.41) is 6.34. The molecule has 5 atom stereocenters. The second kappa shape index (κ2) is 11.1. The molecule has 2 heterocycles. The van der Waals surface area contributed by atoms with Crippen LogP contribution in [0.4, 0.5) is 4.79 Å². The van der Waals surface area contributed by atoms with E-state index in [-0.39, 0.29) is 29.9 Å². The first-order chi connectivity index (χ1) is 16.4. The number of rotatable bonds is 6. The second-order valence-corrected chi connectivity index (χ2v) is 11.1. The molecule has 3 amide bonds. The lowest BCUT2D eigenvalue weighted by molar-refractivity contribution is -0.149. The van der Waals surface area contributed by atoms with E-state index in [1.54, 1.807) is 32.6 Å². The zero-order chi connectivity index (χ0) is 25.9. The third kappa shape index (κ3) is 6.26. The maximum absolute atomic E-state index is 13.9. The van der Waals surface area contributed by atoms with Crippen molar-refractivity contribution in [3.8, 4) is 0 Å². The van der Waals surface area contributed by atoms with Gasteiger partial charge in [0.2, 0.25) is 11.8 Å². The van der Waals surface area contributed by atoms with Gasteiger partial charge < -0.3 is 25.0 Å². The van der Waals surface area contributed by atoms with Crippen molar-refractivity contribution in [1.82, 2.24) is 20.4 Å². The first-order valence-electron chi connectivity index (χ1n) is 12.8. The standard InChI is InChI=1S/C25H42N4O6/c1-15(28(5)24(33)35-25(2,3)4)21(30)27-19(16-10-8-7-9-11-16)22(31)29-13-12-18-20(29)17(14-26-18)23(32)34-6/h15-20,26H,7-14H2,1-6H3,(H,27,30)/t15-,17-,18+,19?,20+/m0/s1. The maximum Gasteiger partial charge on any atom is 0.410 e. The Balaban J connectivity index is 1.76. The third-order valence-electron chi connectivity index (χ3n) is 7.58. The summed E-state index contributed by atoms with van der Waals surface area (Å²) >= 11 is 0. The molecule has 1 saturated carbocycles. The average Bonchev–Trinajstić information content (AvgIpc) is 3.42. The number of nitrogens with one attached hydrogen (secondary N) is 2. The topological polar surface area (TPSA) is 117 Å². The van der Waals surface area contributed by atoms with Crippen molar-refractivity contribution in [2.24, 2.45) is 11.8 Å². The van der Waals surface area contributed by atoms with E-state index in [1.165, 1.54) is 19.1 Å². The molecular weight excluding hydrogens is 452 g/mol. The minimum atomic E-state index is -0.814. The van der Waals surface area contributed by atoms with Crippen LogP contribution in [0.1, 0.15) is 66.2 Å². The van der Waals surface area contributed by atoms with Gasteiger partial charge in [-0.05, 0) is 52.9 Å². The molecule has 0 bridgehead atoms. The van der Waals surface area contributed by atoms with E-state index in [2.05, 4.69) is 10.6 Å². The Bertz CT molecular complexity index is 806. The highest BCUT2D eigenvalue weighted by Crippen LogP contribution is 2.33. The number of carbonyl (C=O) groups excluding carboxylic acids is 4. The molecule has 35 heavy (non-hydrogen) atoms. The molecule has 0 aromatic carbocycles. The van der Waals surface area contributed by atoms with Gasteiger partial charge in [0.05, 0.1) is 19.1 Å². The molecule has 198 valence electrons. The monoisotopic (exact) mass is 494 g/mol. The lowest BCUT2D eigenvalue weighted by Gasteiger charge is -2.36. The molecule has 0 spiro atoms. The number of methoxy groups -OCH3 is 1. The van der Waals surface area contributed by atoms with Crippen LogP contribution in [0.15, 0.2) is 0 Å². The van der Waals surface area contributed by atoms with Gasteiger partial charge in [-0.15, -0.1) is 0 Å². The summed E-state index contributed by atoms with van der Waals surface area (Å²) in [5.74, 6) is -1.27. The fourth-order valence-corrected chi connectivity index (χ4v) is 5.54. The average molecular weight is 495 g/mol. The number of amides is 3. The number of nitrogens with zero attached hydrogens (tertiary/aromatic N) is 2. The van der Waals surface area contributed by atoms with Crippen molar-refractivity contribution in [1.29, 1.82) is 0 Å². The van der Waals surface area contributed by atoms with Gasteiger partial charge in [0.15, 0.2) is 0 Å². The molecule has 0 aromatic rings. The van der Waals surface area contributed by atoms with Crippen molar-refractivity contribution in [3.05, 3.63) is 0 Å². The number of hydrogen-bond acceptors (Lipinski definition) is 7. The molecule has 10 heteroatoms. The van der Waals surface area contributed by atoms with Crippen LogP contribution in [-0.2, 0) is 23.9 Å². The SMILES string of the molecule is COC(=O)[C@H]1CN[C@@H]2CCN(C(=O)C(NC(=O)[C@H](C)N(C)C(=O)OC(C)(C)C)C3CCCCC3)[C@H]12. The Kier molecular flexibility index (Phi) is 8.67. The molecule has 1 aliphatic carbocycles. The lowest BCUT2D eigenvalue weighted by Crippen LogP contribution is -2.58. The Morgan fingerprint density at radius 2 is 1.74 bits per heavy atom. The Morgan fingerprint density at radius 3 is 2.34 bits per heavy atom. The van der Waals surface area contributed by atoms with Crippen molar-refractivity contribution >= 4 is 23.9 Å². The molecule has 2 aliphatic heterocycles. The van der Waals surface area contributed by atoms with Crippen LogP contribution in [0.5, 0.6) is 0 Å². The van der Waals surface area contributed by atoms with E-state index in [0.29, 0.717) is 13.1 Å². The maximum atomic E-state index is 13.9. The molecule has 10 nitrogen and oxygen atoms in total. The van der Waals surface area contributed by atoms with E-state index in [9.17, 15) is 19.2 Å². The van der Waals surface area contributed by atoms with Gasteiger partial charge >= 0.3 is 12.1 Å². The van der Waals surface area contributed by atoms with Gasteiger partial charge in [0, 0.05) is 26.2 Å². The normalized spacial score (nSPS) is 26.5. The van der Waals surface area contributed by atoms with Gasteiger partial charge in [0.1, 0.15) is 17.7 Å². The molecular formula is C25H42N4O6. The van der Waals surface area contributed by atoms with Crippen molar-refractivity contribution in [2.75, 3.05) is 27.2 Å². The Morgan fingerprint density at radius 1 is 1.09 bits per heavy atom. The zero-order valence-corrected chi connectivity index (χ0v) is 22.0. The van der Waals surface area contributed by atoms with Crippen LogP contribution in [0.2, 0.25) is 0 Å². The highest BCUT2D eigenvalue weighted by atomic mass is 16.6. The predicted molar refractivity (Wildman–Crippen MR) is 129 cm³/mol. The fraction of sp³-hybridized carbons (Fsp3) is 0.840. The van der Waals surface area contributed by atoms with Crippen LogP contribution in [-0.4, -0.2) is 90.7 Å². The summed E-state index contributed by atoms with van der Waals surface area (Å²) in [4.78, 5) is 55.1.